The van der Waals surface area contributed by atoms with Crippen molar-refractivity contribution in [3.8, 4) is 6.07 Å². The molecule has 4 nitrogen and oxygen atoms in total. The molecule has 0 aliphatic rings. The number of ketones is 1. The molecule has 0 unspecified atom stereocenters. The van der Waals surface area contributed by atoms with E-state index in [0.717, 1.165) is 11.3 Å². The van der Waals surface area contributed by atoms with E-state index in [9.17, 15) is 9.59 Å². The van der Waals surface area contributed by atoms with Crippen LogP contribution in [0.4, 0.5) is 0 Å². The molecule has 1 rings (SSSR count). The van der Waals surface area contributed by atoms with E-state index in [1.54, 1.807) is 32.9 Å². The number of carbonyl (C=O) groups is 2. The standard InChI is InChI=1S/C12H13NO3S/c1-12(2,3)16-11(15)6-9(14)10-5-4-8(7-13)17-10/h4-5H,6H2,1-3H3. The molecule has 0 radical (unpaired) electrons. The predicted molar refractivity (Wildman–Crippen MR) is 63.8 cm³/mol. The van der Waals surface area contributed by atoms with E-state index in [4.69, 9.17) is 10.00 Å². The van der Waals surface area contributed by atoms with Gasteiger partial charge in [0.2, 0.25) is 0 Å². The Morgan fingerprint density at radius 1 is 1.41 bits per heavy atom. The van der Waals surface area contributed by atoms with Gasteiger partial charge in [0.05, 0.1) is 4.88 Å². The lowest BCUT2D eigenvalue weighted by molar-refractivity contribution is -0.153. The van der Waals surface area contributed by atoms with Gasteiger partial charge in [-0.1, -0.05) is 0 Å². The van der Waals surface area contributed by atoms with E-state index in [1.165, 1.54) is 0 Å². The summed E-state index contributed by atoms with van der Waals surface area (Å²) in [6.45, 7) is 5.23. The molecule has 0 N–H and O–H groups in total. The molecule has 0 saturated heterocycles. The Morgan fingerprint density at radius 3 is 2.53 bits per heavy atom. The van der Waals surface area contributed by atoms with Crippen molar-refractivity contribution in [1.29, 1.82) is 5.26 Å². The maximum Gasteiger partial charge on any atom is 0.314 e. The smallest absolute Gasteiger partial charge is 0.314 e. The fourth-order valence-corrected chi connectivity index (χ4v) is 1.88. The van der Waals surface area contributed by atoms with E-state index < -0.39 is 11.6 Å². The number of hydrogen-bond acceptors (Lipinski definition) is 5. The van der Waals surface area contributed by atoms with Crippen LogP contribution >= 0.6 is 11.3 Å². The number of esters is 1. The van der Waals surface area contributed by atoms with Crippen molar-refractivity contribution in [3.05, 3.63) is 21.9 Å². The summed E-state index contributed by atoms with van der Waals surface area (Å²) in [5.74, 6) is -0.861. The highest BCUT2D eigenvalue weighted by Crippen LogP contribution is 2.18. The molecular weight excluding hydrogens is 238 g/mol. The van der Waals surface area contributed by atoms with Gasteiger partial charge >= 0.3 is 5.97 Å². The van der Waals surface area contributed by atoms with Gasteiger partial charge < -0.3 is 4.74 Å². The van der Waals surface area contributed by atoms with Gasteiger partial charge in [0.1, 0.15) is 23.0 Å². The van der Waals surface area contributed by atoms with Gasteiger partial charge in [0.15, 0.2) is 5.78 Å². The molecule has 0 bridgehead atoms. The number of nitriles is 1. The minimum absolute atomic E-state index is 0.289. The molecular formula is C12H13NO3S. The number of carbonyl (C=O) groups excluding carboxylic acids is 2. The van der Waals surface area contributed by atoms with Crippen molar-refractivity contribution in [2.45, 2.75) is 32.8 Å². The van der Waals surface area contributed by atoms with Crippen molar-refractivity contribution in [2.24, 2.45) is 0 Å². The van der Waals surface area contributed by atoms with Gasteiger partial charge in [-0.25, -0.2) is 0 Å². The third kappa shape index (κ3) is 4.37. The van der Waals surface area contributed by atoms with Gasteiger partial charge in [-0.2, -0.15) is 5.26 Å². The lowest BCUT2D eigenvalue weighted by atomic mass is 10.2. The number of nitrogens with zero attached hydrogens (tertiary/aromatic N) is 1. The van der Waals surface area contributed by atoms with Crippen LogP contribution in [0.2, 0.25) is 0 Å². The van der Waals surface area contributed by atoms with Crippen molar-refractivity contribution >= 4 is 23.1 Å². The fourth-order valence-electron chi connectivity index (χ4n) is 1.14. The molecule has 90 valence electrons. The Bertz CT molecular complexity index is 477. The van der Waals surface area contributed by atoms with E-state index in [1.807, 2.05) is 6.07 Å². The summed E-state index contributed by atoms with van der Waals surface area (Å²) < 4.78 is 5.04. The second-order valence-corrected chi connectivity index (χ2v) is 5.55. The van der Waals surface area contributed by atoms with Crippen LogP contribution in [0.15, 0.2) is 12.1 Å². The normalized spacial score (nSPS) is 10.7. The average Bonchev–Trinajstić information content (AvgIpc) is 2.62. The SMILES string of the molecule is CC(C)(C)OC(=O)CC(=O)c1ccc(C#N)s1. The highest BCUT2D eigenvalue weighted by atomic mass is 32.1. The third-order valence-electron chi connectivity index (χ3n) is 1.72. The molecule has 17 heavy (non-hydrogen) atoms. The molecule has 1 heterocycles. The van der Waals surface area contributed by atoms with Crippen LogP contribution in [0.5, 0.6) is 0 Å². The Kier molecular flexibility index (Phi) is 4.02. The van der Waals surface area contributed by atoms with Gasteiger partial charge in [-0.3, -0.25) is 9.59 Å². The molecule has 0 saturated carbocycles. The van der Waals surface area contributed by atoms with Gasteiger partial charge in [0.25, 0.3) is 0 Å². The summed E-state index contributed by atoms with van der Waals surface area (Å²) >= 11 is 1.08. The Hall–Kier alpha value is -1.67. The topological polar surface area (TPSA) is 67.2 Å². The lowest BCUT2D eigenvalue weighted by Crippen LogP contribution is -2.25. The number of hydrogen-bond donors (Lipinski definition) is 0. The van der Waals surface area contributed by atoms with Crippen molar-refractivity contribution in [2.75, 3.05) is 0 Å². The second-order valence-electron chi connectivity index (χ2n) is 4.46. The van der Waals surface area contributed by atoms with Crippen LogP contribution in [0.25, 0.3) is 0 Å². The molecule has 0 fully saturated rings. The van der Waals surface area contributed by atoms with Crippen LogP contribution in [0.1, 0.15) is 41.7 Å². The third-order valence-corrected chi connectivity index (χ3v) is 2.75. The summed E-state index contributed by atoms with van der Waals surface area (Å²) in [5.41, 5.74) is -0.593. The first-order chi connectivity index (χ1) is 7.81. The largest absolute Gasteiger partial charge is 0.460 e. The summed E-state index contributed by atoms with van der Waals surface area (Å²) in [6.07, 6.45) is -0.289. The minimum atomic E-state index is -0.593. The van der Waals surface area contributed by atoms with Crippen molar-refractivity contribution in [1.82, 2.24) is 0 Å². The quantitative estimate of drug-likeness (QED) is 0.470. The number of Topliss-reactive ketones (excluding diaryl/α,β-unsaturated/α-hetero) is 1. The maximum atomic E-state index is 11.7. The summed E-state index contributed by atoms with van der Waals surface area (Å²) in [6, 6.07) is 5.06. The number of thiophene rings is 1. The van der Waals surface area contributed by atoms with E-state index in [-0.39, 0.29) is 12.2 Å². The van der Waals surface area contributed by atoms with Crippen LogP contribution < -0.4 is 0 Å². The van der Waals surface area contributed by atoms with Crippen molar-refractivity contribution in [3.63, 3.8) is 0 Å². The molecule has 5 heteroatoms. The highest BCUT2D eigenvalue weighted by molar-refractivity contribution is 7.14. The number of ether oxygens (including phenoxy) is 1. The molecule has 1 aromatic heterocycles. The minimum Gasteiger partial charge on any atom is -0.460 e. The van der Waals surface area contributed by atoms with Gasteiger partial charge in [0, 0.05) is 0 Å². The first-order valence-electron chi connectivity index (χ1n) is 5.07. The Labute approximate surface area is 104 Å². The molecule has 0 amide bonds. The zero-order valence-corrected chi connectivity index (χ0v) is 10.8. The molecule has 0 atom stereocenters. The lowest BCUT2D eigenvalue weighted by Gasteiger charge is -2.18. The zero-order chi connectivity index (χ0) is 13.1. The van der Waals surface area contributed by atoms with Gasteiger partial charge in [-0.15, -0.1) is 11.3 Å². The number of rotatable bonds is 3. The molecule has 1 aromatic rings. The summed E-state index contributed by atoms with van der Waals surface area (Å²) in [7, 11) is 0. The Morgan fingerprint density at radius 2 is 2.06 bits per heavy atom. The highest BCUT2D eigenvalue weighted by Gasteiger charge is 2.20. The molecule has 0 aliphatic carbocycles. The zero-order valence-electron chi connectivity index (χ0n) is 9.94. The predicted octanol–water partition coefficient (Wildman–Crippen LogP) is 2.53. The van der Waals surface area contributed by atoms with Crippen molar-refractivity contribution < 1.29 is 14.3 Å². The van der Waals surface area contributed by atoms with E-state index >= 15 is 0 Å². The molecule has 0 spiro atoms. The fraction of sp³-hybridized carbons (Fsp3) is 0.417. The van der Waals surface area contributed by atoms with E-state index in [0.29, 0.717) is 9.75 Å². The summed E-state index contributed by atoms with van der Waals surface area (Å²) in [4.78, 5) is 24.0. The second kappa shape index (κ2) is 5.11. The van der Waals surface area contributed by atoms with Crippen LogP contribution in [-0.2, 0) is 9.53 Å². The maximum absolute atomic E-state index is 11.7. The van der Waals surface area contributed by atoms with E-state index in [2.05, 4.69) is 0 Å². The average molecular weight is 251 g/mol. The van der Waals surface area contributed by atoms with Crippen LogP contribution in [0, 0.1) is 11.3 Å². The van der Waals surface area contributed by atoms with Gasteiger partial charge in [-0.05, 0) is 32.9 Å². The van der Waals surface area contributed by atoms with Crippen LogP contribution in [0.3, 0.4) is 0 Å². The Balaban J connectivity index is 2.61. The summed E-state index contributed by atoms with van der Waals surface area (Å²) in [5, 5.41) is 8.62. The first-order valence-corrected chi connectivity index (χ1v) is 5.88. The monoisotopic (exact) mass is 251 g/mol. The molecule has 0 aliphatic heterocycles. The first kappa shape index (κ1) is 13.4. The molecule has 0 aromatic carbocycles. The van der Waals surface area contributed by atoms with Crippen LogP contribution in [-0.4, -0.2) is 17.4 Å².